The first-order valence-corrected chi connectivity index (χ1v) is 5.65. The van der Waals surface area contributed by atoms with Gasteiger partial charge in [-0.15, -0.1) is 0 Å². The average molecular weight is 251 g/mol. The molecule has 0 aromatic heterocycles. The Morgan fingerprint density at radius 1 is 1.44 bits per heavy atom. The number of benzene rings is 1. The molecule has 1 atom stereocenters. The summed E-state index contributed by atoms with van der Waals surface area (Å²) in [5.74, 6) is -1.04. The lowest BCUT2D eigenvalue weighted by molar-refractivity contribution is -0.146. The molecule has 0 aliphatic heterocycles. The first-order valence-electron chi connectivity index (χ1n) is 5.65. The van der Waals surface area contributed by atoms with Crippen molar-refractivity contribution in [2.45, 2.75) is 19.6 Å². The van der Waals surface area contributed by atoms with Crippen LogP contribution in [0.4, 0.5) is 0 Å². The Kier molecular flexibility index (Phi) is 5.32. The van der Waals surface area contributed by atoms with Crippen LogP contribution in [0, 0.1) is 0 Å². The molecular weight excluding hydrogens is 234 g/mol. The zero-order valence-corrected chi connectivity index (χ0v) is 10.5. The van der Waals surface area contributed by atoms with E-state index in [0.29, 0.717) is 25.1 Å². The number of carbonyl (C=O) groups is 2. The number of ether oxygens (including phenoxy) is 1. The number of carboxylic acid groups (broad SMARTS) is 1. The molecule has 1 N–H and O–H groups in total. The molecule has 0 bridgehead atoms. The van der Waals surface area contributed by atoms with E-state index in [2.05, 4.69) is 0 Å². The molecule has 5 nitrogen and oxygen atoms in total. The second kappa shape index (κ2) is 6.76. The second-order valence-corrected chi connectivity index (χ2v) is 3.85. The fraction of sp³-hybridized carbons (Fsp3) is 0.385. The number of carboxylic acids is 1. The van der Waals surface area contributed by atoms with Gasteiger partial charge in [-0.05, 0) is 18.1 Å². The fourth-order valence-electron chi connectivity index (χ4n) is 1.76. The van der Waals surface area contributed by atoms with Gasteiger partial charge in [0.1, 0.15) is 0 Å². The molecule has 98 valence electrons. The van der Waals surface area contributed by atoms with Crippen molar-refractivity contribution in [1.29, 1.82) is 0 Å². The van der Waals surface area contributed by atoms with E-state index >= 15 is 0 Å². The number of likely N-dealkylation sites (N-methyl/N-ethyl adjacent to an activating group) is 1. The zero-order chi connectivity index (χ0) is 13.5. The second-order valence-electron chi connectivity index (χ2n) is 3.85. The fourth-order valence-corrected chi connectivity index (χ4v) is 1.76. The molecule has 0 aliphatic carbocycles. The predicted octanol–water partition coefficient (Wildman–Crippen LogP) is 1.44. The first kappa shape index (κ1) is 14.2. The molecule has 1 aromatic rings. The van der Waals surface area contributed by atoms with Crippen LogP contribution in [-0.4, -0.2) is 36.0 Å². The van der Waals surface area contributed by atoms with Gasteiger partial charge in [0.05, 0.1) is 6.61 Å². The Morgan fingerprint density at radius 3 is 2.44 bits per heavy atom. The molecule has 0 heterocycles. The number of hydrogen-bond acceptors (Lipinski definition) is 3. The van der Waals surface area contributed by atoms with E-state index in [9.17, 15) is 14.7 Å². The molecule has 0 radical (unpaired) electrons. The molecular formula is C13H17NO4. The summed E-state index contributed by atoms with van der Waals surface area (Å²) in [7, 11) is 1.60. The first-order chi connectivity index (χ1) is 8.63. The van der Waals surface area contributed by atoms with Crippen molar-refractivity contribution in [2.24, 2.45) is 0 Å². The van der Waals surface area contributed by atoms with E-state index in [1.54, 1.807) is 38.3 Å². The van der Waals surface area contributed by atoms with Crippen LogP contribution in [0.1, 0.15) is 24.1 Å². The van der Waals surface area contributed by atoms with Gasteiger partial charge in [0.15, 0.2) is 6.04 Å². The Labute approximate surface area is 106 Å². The summed E-state index contributed by atoms with van der Waals surface area (Å²) in [4.78, 5) is 23.4. The average Bonchev–Trinajstić information content (AvgIpc) is 2.37. The third kappa shape index (κ3) is 3.30. The van der Waals surface area contributed by atoms with Crippen LogP contribution >= 0.6 is 0 Å². The van der Waals surface area contributed by atoms with Crippen molar-refractivity contribution >= 4 is 12.4 Å². The van der Waals surface area contributed by atoms with Crippen LogP contribution in [0.15, 0.2) is 24.3 Å². The topological polar surface area (TPSA) is 66.8 Å². The van der Waals surface area contributed by atoms with Gasteiger partial charge in [-0.3, -0.25) is 4.79 Å². The summed E-state index contributed by atoms with van der Waals surface area (Å²) in [5, 5.41) is 9.21. The Balaban J connectivity index is 2.99. The summed E-state index contributed by atoms with van der Waals surface area (Å²) >= 11 is 0. The van der Waals surface area contributed by atoms with Crippen molar-refractivity contribution in [3.8, 4) is 0 Å². The molecule has 1 amide bonds. The van der Waals surface area contributed by atoms with Crippen molar-refractivity contribution in [3.63, 3.8) is 0 Å². The van der Waals surface area contributed by atoms with Gasteiger partial charge in [0, 0.05) is 13.7 Å². The molecule has 0 saturated heterocycles. The molecule has 5 heteroatoms. The van der Waals surface area contributed by atoms with Gasteiger partial charge >= 0.3 is 5.97 Å². The SMILES string of the molecule is CCN(C=O)C(C(=O)O)c1ccc(COC)cc1. The normalized spacial score (nSPS) is 11.9. The number of hydrogen-bond donors (Lipinski definition) is 1. The zero-order valence-electron chi connectivity index (χ0n) is 10.5. The third-order valence-electron chi connectivity index (χ3n) is 2.67. The van der Waals surface area contributed by atoms with Crippen molar-refractivity contribution < 1.29 is 19.4 Å². The van der Waals surface area contributed by atoms with Crippen LogP contribution < -0.4 is 0 Å². The molecule has 0 aliphatic rings. The van der Waals surface area contributed by atoms with Gasteiger partial charge < -0.3 is 14.7 Å². The van der Waals surface area contributed by atoms with Crippen LogP contribution in [0.3, 0.4) is 0 Å². The molecule has 18 heavy (non-hydrogen) atoms. The standard InChI is InChI=1S/C13H17NO4/c1-3-14(9-15)12(13(16)17)11-6-4-10(5-7-11)8-18-2/h4-7,9,12H,3,8H2,1-2H3,(H,16,17). The van der Waals surface area contributed by atoms with Crippen LogP contribution in [0.25, 0.3) is 0 Å². The van der Waals surface area contributed by atoms with Crippen LogP contribution in [-0.2, 0) is 20.9 Å². The highest BCUT2D eigenvalue weighted by atomic mass is 16.5. The van der Waals surface area contributed by atoms with E-state index in [1.807, 2.05) is 0 Å². The molecule has 1 unspecified atom stereocenters. The number of rotatable bonds is 7. The molecule has 0 fully saturated rings. The Morgan fingerprint density at radius 2 is 2.06 bits per heavy atom. The van der Waals surface area contributed by atoms with Crippen molar-refractivity contribution in [3.05, 3.63) is 35.4 Å². The van der Waals surface area contributed by atoms with E-state index in [4.69, 9.17) is 4.74 Å². The van der Waals surface area contributed by atoms with Crippen molar-refractivity contribution in [1.82, 2.24) is 4.90 Å². The number of amides is 1. The summed E-state index contributed by atoms with van der Waals surface area (Å²) < 4.78 is 4.98. The maximum absolute atomic E-state index is 11.2. The highest BCUT2D eigenvalue weighted by Gasteiger charge is 2.25. The lowest BCUT2D eigenvalue weighted by Gasteiger charge is -2.23. The predicted molar refractivity (Wildman–Crippen MR) is 66.0 cm³/mol. The van der Waals surface area contributed by atoms with E-state index in [1.165, 1.54) is 4.90 Å². The highest BCUT2D eigenvalue weighted by molar-refractivity contribution is 5.78. The number of aliphatic carboxylic acids is 1. The minimum absolute atomic E-state index is 0.348. The minimum atomic E-state index is -1.04. The maximum Gasteiger partial charge on any atom is 0.331 e. The molecule has 1 aromatic carbocycles. The summed E-state index contributed by atoms with van der Waals surface area (Å²) in [6.45, 7) is 2.56. The maximum atomic E-state index is 11.2. The summed E-state index contributed by atoms with van der Waals surface area (Å²) in [6.07, 6.45) is 0.557. The molecule has 0 saturated carbocycles. The molecule has 1 rings (SSSR count). The lowest BCUT2D eigenvalue weighted by atomic mass is 10.0. The van der Waals surface area contributed by atoms with Gasteiger partial charge in [-0.2, -0.15) is 0 Å². The smallest absolute Gasteiger partial charge is 0.331 e. The summed E-state index contributed by atoms with van der Waals surface area (Å²) in [6, 6.07) is 6.07. The van der Waals surface area contributed by atoms with Gasteiger partial charge in [-0.1, -0.05) is 24.3 Å². The molecule has 0 spiro atoms. The van der Waals surface area contributed by atoms with E-state index in [0.717, 1.165) is 5.56 Å². The Hall–Kier alpha value is -1.88. The minimum Gasteiger partial charge on any atom is -0.479 e. The largest absolute Gasteiger partial charge is 0.479 e. The highest BCUT2D eigenvalue weighted by Crippen LogP contribution is 2.20. The monoisotopic (exact) mass is 251 g/mol. The number of methoxy groups -OCH3 is 1. The van der Waals surface area contributed by atoms with Crippen LogP contribution in [0.2, 0.25) is 0 Å². The van der Waals surface area contributed by atoms with Crippen molar-refractivity contribution in [2.75, 3.05) is 13.7 Å². The quantitative estimate of drug-likeness (QED) is 0.744. The summed E-state index contributed by atoms with van der Waals surface area (Å²) in [5.41, 5.74) is 1.54. The number of nitrogens with zero attached hydrogens (tertiary/aromatic N) is 1. The lowest BCUT2D eigenvalue weighted by Crippen LogP contribution is -2.32. The van der Waals surface area contributed by atoms with Gasteiger partial charge in [-0.25, -0.2) is 4.79 Å². The van der Waals surface area contributed by atoms with E-state index in [-0.39, 0.29) is 0 Å². The van der Waals surface area contributed by atoms with Gasteiger partial charge in [0.2, 0.25) is 6.41 Å². The van der Waals surface area contributed by atoms with E-state index < -0.39 is 12.0 Å². The van der Waals surface area contributed by atoms with Crippen LogP contribution in [0.5, 0.6) is 0 Å². The number of carbonyl (C=O) groups excluding carboxylic acids is 1. The van der Waals surface area contributed by atoms with Gasteiger partial charge in [0.25, 0.3) is 0 Å². The Bertz CT molecular complexity index is 402. The third-order valence-corrected chi connectivity index (χ3v) is 2.67.